The van der Waals surface area contributed by atoms with E-state index in [0.717, 1.165) is 0 Å². The van der Waals surface area contributed by atoms with Crippen molar-refractivity contribution in [3.05, 3.63) is 93.0 Å². The van der Waals surface area contributed by atoms with Crippen LogP contribution in [0.5, 0.6) is 0 Å². The summed E-state index contributed by atoms with van der Waals surface area (Å²) in [5, 5.41) is 17.4. The van der Waals surface area contributed by atoms with E-state index in [0.29, 0.717) is 35.6 Å². The number of likely N-dealkylation sites (N-methyl/N-ethyl adjacent to an activating group) is 1. The molecule has 0 spiro atoms. The molecule has 34 heavy (non-hydrogen) atoms. The van der Waals surface area contributed by atoms with Gasteiger partial charge in [0.1, 0.15) is 5.69 Å². The maximum absolute atomic E-state index is 12.8. The topological polar surface area (TPSA) is 123 Å². The molecule has 4 rings (SSSR count). The van der Waals surface area contributed by atoms with E-state index in [9.17, 15) is 19.7 Å². The minimum atomic E-state index is -0.539. The number of fused-ring (bicyclic) bond motifs is 1. The zero-order valence-electron chi connectivity index (χ0n) is 18.6. The molecule has 0 aliphatic carbocycles. The Labute approximate surface area is 194 Å². The predicted molar refractivity (Wildman–Crippen MR) is 130 cm³/mol. The van der Waals surface area contributed by atoms with Gasteiger partial charge in [-0.2, -0.15) is 0 Å². The lowest BCUT2D eigenvalue weighted by atomic mass is 10.1. The summed E-state index contributed by atoms with van der Waals surface area (Å²) < 4.78 is 6.77. The molecule has 4 aromatic rings. The van der Waals surface area contributed by atoms with Crippen LogP contribution in [0.4, 0.5) is 22.7 Å². The molecule has 0 aliphatic heterocycles. The lowest BCUT2D eigenvalue weighted by Gasteiger charge is -2.10. The number of hydrogen-bond donors (Lipinski definition) is 2. The third kappa shape index (κ3) is 4.97. The number of carbonyl (C=O) groups is 1. The van der Waals surface area contributed by atoms with E-state index in [-0.39, 0.29) is 16.9 Å². The van der Waals surface area contributed by atoms with E-state index in [1.165, 1.54) is 22.8 Å². The molecule has 0 unspecified atom stereocenters. The van der Waals surface area contributed by atoms with Crippen LogP contribution >= 0.6 is 0 Å². The molecule has 0 saturated carbocycles. The molecule has 0 saturated heterocycles. The number of amides is 1. The van der Waals surface area contributed by atoms with Crippen molar-refractivity contribution in [2.24, 2.45) is 0 Å². The fraction of sp³-hybridized carbons (Fsp3) is 0.167. The van der Waals surface area contributed by atoms with Gasteiger partial charge in [0.15, 0.2) is 5.58 Å². The molecule has 0 bridgehead atoms. The van der Waals surface area contributed by atoms with Crippen LogP contribution in [0.3, 0.4) is 0 Å². The van der Waals surface area contributed by atoms with Crippen molar-refractivity contribution >= 4 is 39.8 Å². The van der Waals surface area contributed by atoms with Gasteiger partial charge < -0.3 is 20.0 Å². The molecular formula is C24H23N5O5. The highest BCUT2D eigenvalue weighted by Crippen LogP contribution is 2.29. The summed E-state index contributed by atoms with van der Waals surface area (Å²) in [6.07, 6.45) is 0. The van der Waals surface area contributed by atoms with Crippen LogP contribution in [0, 0.1) is 10.1 Å². The number of para-hydroxylation sites is 1. The average Bonchev–Trinajstić information content (AvgIpc) is 3.12. The normalized spacial score (nSPS) is 11.0. The Morgan fingerprint density at radius 2 is 1.82 bits per heavy atom. The van der Waals surface area contributed by atoms with E-state index in [4.69, 9.17) is 4.42 Å². The van der Waals surface area contributed by atoms with Gasteiger partial charge in [0.2, 0.25) is 0 Å². The first-order chi connectivity index (χ1) is 16.3. The minimum absolute atomic E-state index is 0.127. The summed E-state index contributed by atoms with van der Waals surface area (Å²) in [4.78, 5) is 38.1. The van der Waals surface area contributed by atoms with Crippen molar-refractivity contribution in [3.8, 4) is 0 Å². The number of oxazole rings is 1. The number of nitrogens with zero attached hydrogens (tertiary/aromatic N) is 3. The van der Waals surface area contributed by atoms with Crippen LogP contribution in [0.1, 0.15) is 10.4 Å². The fourth-order valence-electron chi connectivity index (χ4n) is 3.46. The molecule has 1 aromatic heterocycles. The highest BCUT2D eigenvalue weighted by Gasteiger charge is 2.19. The van der Waals surface area contributed by atoms with Gasteiger partial charge in [-0.05, 0) is 56.6 Å². The molecule has 0 atom stereocenters. The van der Waals surface area contributed by atoms with E-state index in [1.807, 2.05) is 37.2 Å². The Bertz CT molecular complexity index is 1410. The number of nitro groups is 1. The molecular weight excluding hydrogens is 438 g/mol. The zero-order chi connectivity index (χ0) is 24.2. The largest absolute Gasteiger partial charge is 0.419 e. The Kier molecular flexibility index (Phi) is 6.42. The number of carbonyl (C=O) groups excluding carboxylic acids is 1. The molecule has 3 aromatic carbocycles. The van der Waals surface area contributed by atoms with Gasteiger partial charge in [0.05, 0.1) is 10.4 Å². The summed E-state index contributed by atoms with van der Waals surface area (Å²) >= 11 is 0. The number of nitrogens with one attached hydrogen (secondary N) is 2. The average molecular weight is 461 g/mol. The second-order valence-electron chi connectivity index (χ2n) is 7.94. The van der Waals surface area contributed by atoms with Crippen LogP contribution in [0.15, 0.2) is 75.9 Å². The highest BCUT2D eigenvalue weighted by molar-refractivity contribution is 6.05. The van der Waals surface area contributed by atoms with Crippen molar-refractivity contribution in [1.82, 2.24) is 9.47 Å². The second-order valence-corrected chi connectivity index (χ2v) is 7.94. The van der Waals surface area contributed by atoms with E-state index in [1.54, 1.807) is 30.3 Å². The molecule has 2 N–H and O–H groups in total. The van der Waals surface area contributed by atoms with E-state index >= 15 is 0 Å². The number of aromatic nitrogens is 1. The number of benzene rings is 3. The molecule has 10 heteroatoms. The van der Waals surface area contributed by atoms with Gasteiger partial charge in [-0.25, -0.2) is 4.79 Å². The Morgan fingerprint density at radius 3 is 2.53 bits per heavy atom. The van der Waals surface area contributed by atoms with E-state index < -0.39 is 16.6 Å². The third-order valence-corrected chi connectivity index (χ3v) is 5.21. The van der Waals surface area contributed by atoms with Gasteiger partial charge in [-0.1, -0.05) is 18.2 Å². The van der Waals surface area contributed by atoms with Gasteiger partial charge in [-0.3, -0.25) is 19.5 Å². The molecule has 0 radical (unpaired) electrons. The van der Waals surface area contributed by atoms with Gasteiger partial charge in [0.25, 0.3) is 11.6 Å². The molecule has 174 valence electrons. The summed E-state index contributed by atoms with van der Waals surface area (Å²) in [7, 11) is 3.80. The van der Waals surface area contributed by atoms with Gasteiger partial charge in [-0.15, -0.1) is 0 Å². The van der Waals surface area contributed by atoms with Crippen molar-refractivity contribution in [1.29, 1.82) is 0 Å². The standard InChI is InChI=1S/C24H23N5O5/c1-27(2)12-13-28-21-15-18(9-11-22(21)34-24(28)31)26-23(30)16-8-10-19(20(14-16)29(32)33)25-17-6-4-3-5-7-17/h3-11,14-15,25H,12-13H2,1-2H3,(H,26,30). The highest BCUT2D eigenvalue weighted by atomic mass is 16.6. The first kappa shape index (κ1) is 22.7. The van der Waals surface area contributed by atoms with Crippen LogP contribution in [-0.4, -0.2) is 40.9 Å². The SMILES string of the molecule is CN(C)CCn1c(=O)oc2ccc(NC(=O)c3ccc(Nc4ccccc4)c([N+](=O)[O-])c3)cc21. The van der Waals surface area contributed by atoms with Crippen molar-refractivity contribution in [2.45, 2.75) is 6.54 Å². The number of rotatable bonds is 8. The fourth-order valence-corrected chi connectivity index (χ4v) is 3.46. The van der Waals surface area contributed by atoms with E-state index in [2.05, 4.69) is 10.6 Å². The molecule has 1 amide bonds. The van der Waals surface area contributed by atoms with Gasteiger partial charge >= 0.3 is 5.76 Å². The monoisotopic (exact) mass is 461 g/mol. The van der Waals surface area contributed by atoms with Crippen molar-refractivity contribution in [3.63, 3.8) is 0 Å². The maximum Gasteiger partial charge on any atom is 0.419 e. The van der Waals surface area contributed by atoms with Crippen LogP contribution in [0.2, 0.25) is 0 Å². The second kappa shape index (κ2) is 9.59. The summed E-state index contributed by atoms with van der Waals surface area (Å²) in [6.45, 7) is 1.07. The number of hydrogen-bond acceptors (Lipinski definition) is 7. The summed E-state index contributed by atoms with van der Waals surface area (Å²) in [6, 6.07) is 18.1. The lowest BCUT2D eigenvalue weighted by Crippen LogP contribution is -2.23. The van der Waals surface area contributed by atoms with Gasteiger partial charge in [0, 0.05) is 36.1 Å². The van der Waals surface area contributed by atoms with Crippen molar-refractivity contribution < 1.29 is 14.1 Å². The molecule has 0 fully saturated rings. The first-order valence-electron chi connectivity index (χ1n) is 10.5. The lowest BCUT2D eigenvalue weighted by molar-refractivity contribution is -0.383. The summed E-state index contributed by atoms with van der Waals surface area (Å²) in [5.74, 6) is -0.989. The number of anilines is 3. The quantitative estimate of drug-likeness (QED) is 0.300. The van der Waals surface area contributed by atoms with Crippen molar-refractivity contribution in [2.75, 3.05) is 31.3 Å². The Morgan fingerprint density at radius 1 is 1.06 bits per heavy atom. The molecule has 0 aliphatic rings. The van der Waals surface area contributed by atoms with Crippen LogP contribution < -0.4 is 16.4 Å². The predicted octanol–water partition coefficient (Wildman–Crippen LogP) is 4.06. The first-order valence-corrected chi connectivity index (χ1v) is 10.5. The minimum Gasteiger partial charge on any atom is -0.408 e. The third-order valence-electron chi connectivity index (χ3n) is 5.21. The molecule has 10 nitrogen and oxygen atoms in total. The van der Waals surface area contributed by atoms with Crippen LogP contribution in [-0.2, 0) is 6.54 Å². The maximum atomic E-state index is 12.8. The molecule has 1 heterocycles. The summed E-state index contributed by atoms with van der Waals surface area (Å²) in [5.41, 5.74) is 2.27. The number of nitro benzene ring substituents is 1. The zero-order valence-corrected chi connectivity index (χ0v) is 18.6. The van der Waals surface area contributed by atoms with Crippen LogP contribution in [0.25, 0.3) is 11.1 Å². The Hall–Kier alpha value is -4.44. The smallest absolute Gasteiger partial charge is 0.408 e. The Balaban J connectivity index is 1.58.